The molecule has 2 aromatic rings. The Bertz CT molecular complexity index is 1000. The number of benzene rings is 1. The van der Waals surface area contributed by atoms with Gasteiger partial charge in [0, 0.05) is 51.7 Å². The molecular weight excluding hydrogens is 449 g/mol. The molecule has 2 saturated heterocycles. The van der Waals surface area contributed by atoms with Gasteiger partial charge in [0.1, 0.15) is 0 Å². The second-order valence-corrected chi connectivity index (χ2v) is 8.72. The molecule has 184 valence electrons. The summed E-state index contributed by atoms with van der Waals surface area (Å²) in [7, 11) is 2.07. The third-order valence-electron chi connectivity index (χ3n) is 6.34. The zero-order valence-corrected chi connectivity index (χ0v) is 19.1. The highest BCUT2D eigenvalue weighted by Gasteiger charge is 2.33. The normalized spacial score (nSPS) is 18.2. The van der Waals surface area contributed by atoms with Crippen molar-refractivity contribution in [2.24, 2.45) is 5.92 Å². The van der Waals surface area contributed by atoms with Crippen LogP contribution in [0.2, 0.25) is 0 Å². The van der Waals surface area contributed by atoms with E-state index in [1.54, 1.807) is 0 Å². The fraction of sp³-hybridized carbons (Fsp3) is 0.545. The zero-order valence-electron chi connectivity index (χ0n) is 19.1. The fourth-order valence-electron chi connectivity index (χ4n) is 4.28. The molecule has 1 aromatic carbocycles. The van der Waals surface area contributed by atoms with Crippen LogP contribution < -0.4 is 20.9 Å². The summed E-state index contributed by atoms with van der Waals surface area (Å²) in [5, 5.41) is 2.67. The lowest BCUT2D eigenvalue weighted by Gasteiger charge is -2.34. The number of amides is 1. The van der Waals surface area contributed by atoms with E-state index in [4.69, 9.17) is 5.73 Å². The van der Waals surface area contributed by atoms with E-state index in [9.17, 15) is 18.0 Å². The first kappa shape index (κ1) is 24.0. The number of carbonyl (C=O) groups excluding carboxylic acids is 1. The van der Waals surface area contributed by atoms with Crippen molar-refractivity contribution in [3.8, 4) is 0 Å². The number of likely N-dealkylation sites (N-methyl/N-ethyl adjacent to an activating group) is 1. The Morgan fingerprint density at radius 1 is 1.00 bits per heavy atom. The molecule has 0 aliphatic carbocycles. The van der Waals surface area contributed by atoms with E-state index in [0.29, 0.717) is 37.8 Å². The number of halogens is 3. The van der Waals surface area contributed by atoms with Crippen molar-refractivity contribution >= 4 is 23.8 Å². The molecule has 34 heavy (non-hydrogen) atoms. The molecule has 2 fully saturated rings. The first-order valence-electron chi connectivity index (χ1n) is 11.3. The maximum absolute atomic E-state index is 13.2. The Morgan fingerprint density at radius 3 is 2.21 bits per heavy atom. The smallest absolute Gasteiger partial charge is 0.368 e. The summed E-state index contributed by atoms with van der Waals surface area (Å²) < 4.78 is 39.5. The second-order valence-electron chi connectivity index (χ2n) is 8.72. The second kappa shape index (κ2) is 10.00. The highest BCUT2D eigenvalue weighted by Crippen LogP contribution is 2.32. The Balaban J connectivity index is 1.33. The van der Waals surface area contributed by atoms with Gasteiger partial charge in [-0.05, 0) is 31.5 Å². The summed E-state index contributed by atoms with van der Waals surface area (Å²) in [5.41, 5.74) is 5.27. The minimum Gasteiger partial charge on any atom is -0.368 e. The van der Waals surface area contributed by atoms with Crippen LogP contribution in [0, 0.1) is 5.92 Å². The van der Waals surface area contributed by atoms with Gasteiger partial charge in [0.2, 0.25) is 23.8 Å². The van der Waals surface area contributed by atoms with Crippen LogP contribution >= 0.6 is 0 Å². The molecule has 0 bridgehead atoms. The first-order chi connectivity index (χ1) is 16.2. The number of hydrogen-bond donors (Lipinski definition) is 2. The van der Waals surface area contributed by atoms with Gasteiger partial charge in [0.05, 0.1) is 5.56 Å². The molecule has 12 heteroatoms. The number of nitrogens with two attached hydrogens (primary N) is 1. The summed E-state index contributed by atoms with van der Waals surface area (Å²) in [6, 6.07) is 5.28. The first-order valence-corrected chi connectivity index (χ1v) is 11.3. The van der Waals surface area contributed by atoms with Gasteiger partial charge in [-0.1, -0.05) is 18.2 Å². The Hall–Kier alpha value is -3.15. The van der Waals surface area contributed by atoms with E-state index in [1.165, 1.54) is 18.2 Å². The number of rotatable bonds is 5. The number of piperidine rings is 1. The monoisotopic (exact) mass is 478 g/mol. The van der Waals surface area contributed by atoms with Crippen LogP contribution in [-0.4, -0.2) is 72.1 Å². The number of hydrogen-bond acceptors (Lipinski definition) is 8. The number of nitrogens with zero attached hydrogens (tertiary/aromatic N) is 6. The van der Waals surface area contributed by atoms with Crippen LogP contribution in [0.1, 0.15) is 24.0 Å². The van der Waals surface area contributed by atoms with Gasteiger partial charge < -0.3 is 25.8 Å². The molecule has 9 nitrogen and oxygen atoms in total. The standard InChI is InChI=1S/C22H29F3N8O/c1-31-10-12-33(13-11-31)21-29-19(26)28-20(30-21)32-8-6-15(7-9-32)18(34)27-14-16-4-2-3-5-17(16)22(23,24)25/h2-5,15H,6-14H2,1H3,(H,27,34)(H2,26,28,29,30). The van der Waals surface area contributed by atoms with Crippen LogP contribution in [0.5, 0.6) is 0 Å². The number of carbonyl (C=O) groups is 1. The minimum absolute atomic E-state index is 0.0536. The van der Waals surface area contributed by atoms with Gasteiger partial charge in [-0.3, -0.25) is 4.79 Å². The third-order valence-corrected chi connectivity index (χ3v) is 6.34. The molecule has 0 atom stereocenters. The van der Waals surface area contributed by atoms with Crippen molar-refractivity contribution in [2.75, 3.05) is 61.8 Å². The molecule has 3 heterocycles. The van der Waals surface area contributed by atoms with Crippen molar-refractivity contribution in [3.05, 3.63) is 35.4 Å². The fourth-order valence-corrected chi connectivity index (χ4v) is 4.28. The van der Waals surface area contributed by atoms with Gasteiger partial charge in [-0.2, -0.15) is 28.1 Å². The van der Waals surface area contributed by atoms with Crippen LogP contribution in [0.3, 0.4) is 0 Å². The van der Waals surface area contributed by atoms with Gasteiger partial charge >= 0.3 is 6.18 Å². The zero-order chi connectivity index (χ0) is 24.3. The predicted molar refractivity (Wildman–Crippen MR) is 122 cm³/mol. The molecule has 2 aliphatic rings. The van der Waals surface area contributed by atoms with Gasteiger partial charge in [-0.25, -0.2) is 0 Å². The predicted octanol–water partition coefficient (Wildman–Crippen LogP) is 1.76. The lowest BCUT2D eigenvalue weighted by atomic mass is 9.96. The maximum Gasteiger partial charge on any atom is 0.416 e. The Kier molecular flexibility index (Phi) is 7.05. The molecule has 0 unspecified atom stereocenters. The SMILES string of the molecule is CN1CCN(c2nc(N)nc(N3CCC(C(=O)NCc4ccccc4C(F)(F)F)CC3)n2)CC1. The molecule has 1 amide bonds. The largest absolute Gasteiger partial charge is 0.416 e. The summed E-state index contributed by atoms with van der Waals surface area (Å²) >= 11 is 0. The van der Waals surface area contributed by atoms with E-state index < -0.39 is 11.7 Å². The average Bonchev–Trinajstić information content (AvgIpc) is 2.82. The lowest BCUT2D eigenvalue weighted by Crippen LogP contribution is -2.45. The molecule has 2 aliphatic heterocycles. The third kappa shape index (κ3) is 5.66. The van der Waals surface area contributed by atoms with Crippen molar-refractivity contribution < 1.29 is 18.0 Å². The van der Waals surface area contributed by atoms with E-state index in [1.807, 2.05) is 4.90 Å². The Morgan fingerprint density at radius 2 is 1.59 bits per heavy atom. The molecule has 1 aromatic heterocycles. The van der Waals surface area contributed by atoms with Crippen LogP contribution in [0.25, 0.3) is 0 Å². The number of piperazine rings is 1. The number of anilines is 3. The average molecular weight is 479 g/mol. The number of alkyl halides is 3. The van der Waals surface area contributed by atoms with Crippen molar-refractivity contribution in [2.45, 2.75) is 25.6 Å². The Labute approximate surface area is 196 Å². The highest BCUT2D eigenvalue weighted by atomic mass is 19.4. The van der Waals surface area contributed by atoms with Gasteiger partial charge in [0.15, 0.2) is 0 Å². The maximum atomic E-state index is 13.2. The highest BCUT2D eigenvalue weighted by molar-refractivity contribution is 5.79. The van der Waals surface area contributed by atoms with E-state index in [0.717, 1.165) is 32.2 Å². The molecular formula is C22H29F3N8O. The van der Waals surface area contributed by atoms with Gasteiger partial charge in [0.25, 0.3) is 0 Å². The van der Waals surface area contributed by atoms with Crippen LogP contribution in [0.15, 0.2) is 24.3 Å². The van der Waals surface area contributed by atoms with Crippen molar-refractivity contribution in [1.29, 1.82) is 0 Å². The number of aromatic nitrogens is 3. The molecule has 0 saturated carbocycles. The summed E-state index contributed by atoms with van der Waals surface area (Å²) in [4.78, 5) is 32.1. The summed E-state index contributed by atoms with van der Waals surface area (Å²) in [5.74, 6) is 0.663. The quantitative estimate of drug-likeness (QED) is 0.670. The van der Waals surface area contributed by atoms with Crippen LogP contribution in [-0.2, 0) is 17.5 Å². The minimum atomic E-state index is -4.46. The molecule has 0 radical (unpaired) electrons. The van der Waals surface area contributed by atoms with E-state index in [2.05, 4.69) is 37.1 Å². The topological polar surface area (TPSA) is 104 Å². The molecule has 0 spiro atoms. The molecule has 4 rings (SSSR count). The van der Waals surface area contributed by atoms with E-state index >= 15 is 0 Å². The molecule has 3 N–H and O–H groups in total. The number of nitrogen functional groups attached to an aromatic ring is 1. The summed E-state index contributed by atoms with van der Waals surface area (Å²) in [6.07, 6.45) is -3.37. The van der Waals surface area contributed by atoms with Crippen molar-refractivity contribution in [3.63, 3.8) is 0 Å². The van der Waals surface area contributed by atoms with Gasteiger partial charge in [-0.15, -0.1) is 0 Å². The number of nitrogens with one attached hydrogen (secondary N) is 1. The van der Waals surface area contributed by atoms with Crippen molar-refractivity contribution in [1.82, 2.24) is 25.2 Å². The summed E-state index contributed by atoms with van der Waals surface area (Å²) in [6.45, 7) is 4.36. The van der Waals surface area contributed by atoms with E-state index in [-0.39, 0.29) is 29.9 Å². The van der Waals surface area contributed by atoms with Crippen LogP contribution in [0.4, 0.5) is 31.0 Å². The lowest BCUT2D eigenvalue weighted by molar-refractivity contribution is -0.138.